The van der Waals surface area contributed by atoms with Gasteiger partial charge in [0.2, 0.25) is 0 Å². The molecule has 2 rings (SSSR count). The lowest BCUT2D eigenvalue weighted by atomic mass is 9.99. The Kier molecular flexibility index (Phi) is 1.92. The topological polar surface area (TPSA) is 20.2 Å². The molecule has 1 nitrogen and oxygen atoms in total. The van der Waals surface area contributed by atoms with E-state index < -0.39 is 0 Å². The summed E-state index contributed by atoms with van der Waals surface area (Å²) >= 11 is 0. The van der Waals surface area contributed by atoms with Crippen molar-refractivity contribution in [3.05, 3.63) is 0 Å². The van der Waals surface area contributed by atoms with E-state index in [1.54, 1.807) is 0 Å². The van der Waals surface area contributed by atoms with Gasteiger partial charge < -0.3 is 5.11 Å². The zero-order valence-electron chi connectivity index (χ0n) is 7.29. The van der Waals surface area contributed by atoms with E-state index in [4.69, 9.17) is 0 Å². The van der Waals surface area contributed by atoms with Gasteiger partial charge in [-0.25, -0.2) is 0 Å². The molecule has 64 valence electrons. The fraction of sp³-hybridized carbons (Fsp3) is 1.00. The van der Waals surface area contributed by atoms with Crippen molar-refractivity contribution in [1.82, 2.24) is 0 Å². The lowest BCUT2D eigenvalue weighted by Gasteiger charge is -2.12. The predicted molar refractivity (Wildman–Crippen MR) is 45.2 cm³/mol. The molecule has 2 aliphatic rings. The molecule has 2 fully saturated rings. The van der Waals surface area contributed by atoms with E-state index in [9.17, 15) is 5.11 Å². The summed E-state index contributed by atoms with van der Waals surface area (Å²) in [6, 6.07) is 0. The molecule has 0 spiro atoms. The molecule has 11 heavy (non-hydrogen) atoms. The van der Waals surface area contributed by atoms with E-state index in [1.807, 2.05) is 0 Å². The molecule has 0 aromatic rings. The highest BCUT2D eigenvalue weighted by Gasteiger charge is 2.49. The lowest BCUT2D eigenvalue weighted by Crippen LogP contribution is -2.12. The number of rotatable bonds is 0. The largest absolute Gasteiger partial charge is 0.393 e. The third-order valence-electron chi connectivity index (χ3n) is 3.62. The Morgan fingerprint density at radius 3 is 2.64 bits per heavy atom. The summed E-state index contributed by atoms with van der Waals surface area (Å²) in [5.74, 6) is 2.38. The van der Waals surface area contributed by atoms with Gasteiger partial charge in [0.15, 0.2) is 0 Å². The molecule has 0 amide bonds. The minimum atomic E-state index is 0.0373. The van der Waals surface area contributed by atoms with Crippen molar-refractivity contribution in [2.75, 3.05) is 0 Å². The third-order valence-corrected chi connectivity index (χ3v) is 3.62. The SMILES string of the molecule is C[C@@H]1[C@@H]2CCCCC[C@H](O)[C@H]12. The van der Waals surface area contributed by atoms with Gasteiger partial charge in [-0.2, -0.15) is 0 Å². The van der Waals surface area contributed by atoms with E-state index in [0.717, 1.165) is 18.3 Å². The van der Waals surface area contributed by atoms with E-state index in [2.05, 4.69) is 6.92 Å². The molecule has 2 saturated carbocycles. The summed E-state index contributed by atoms with van der Waals surface area (Å²) in [4.78, 5) is 0. The van der Waals surface area contributed by atoms with Crippen LogP contribution in [0.1, 0.15) is 39.0 Å². The van der Waals surface area contributed by atoms with Crippen LogP contribution in [0.2, 0.25) is 0 Å². The first kappa shape index (κ1) is 7.60. The van der Waals surface area contributed by atoms with Gasteiger partial charge in [-0.05, 0) is 30.6 Å². The van der Waals surface area contributed by atoms with Crippen LogP contribution >= 0.6 is 0 Å². The number of aliphatic hydroxyl groups is 1. The Bertz CT molecular complexity index is 136. The van der Waals surface area contributed by atoms with Gasteiger partial charge in [-0.15, -0.1) is 0 Å². The normalized spacial score (nSPS) is 50.7. The first-order chi connectivity index (χ1) is 5.30. The standard InChI is InChI=1S/C10H18O/c1-7-8-5-3-2-4-6-9(11)10(7)8/h7-11H,2-6H2,1H3/t7-,8+,9+,10-/m1/s1. The molecule has 0 aliphatic heterocycles. The van der Waals surface area contributed by atoms with Crippen LogP contribution in [0.3, 0.4) is 0 Å². The maximum Gasteiger partial charge on any atom is 0.0573 e. The molecular weight excluding hydrogens is 136 g/mol. The molecule has 0 aromatic heterocycles. The summed E-state index contributed by atoms with van der Waals surface area (Å²) in [6.07, 6.45) is 6.46. The molecule has 0 saturated heterocycles. The van der Waals surface area contributed by atoms with Crippen LogP contribution in [-0.4, -0.2) is 11.2 Å². The van der Waals surface area contributed by atoms with Crippen LogP contribution in [0.15, 0.2) is 0 Å². The van der Waals surface area contributed by atoms with Gasteiger partial charge in [-0.3, -0.25) is 0 Å². The molecule has 0 heterocycles. The molecule has 2 aliphatic carbocycles. The number of hydrogen-bond acceptors (Lipinski definition) is 1. The highest BCUT2D eigenvalue weighted by Crippen LogP contribution is 2.52. The van der Waals surface area contributed by atoms with Gasteiger partial charge in [0.05, 0.1) is 6.10 Å². The summed E-state index contributed by atoms with van der Waals surface area (Å²) in [5, 5.41) is 9.69. The Labute approximate surface area is 68.8 Å². The second-order valence-electron chi connectivity index (χ2n) is 4.31. The fourth-order valence-electron chi connectivity index (χ4n) is 2.77. The van der Waals surface area contributed by atoms with E-state index in [1.165, 1.54) is 25.7 Å². The predicted octanol–water partition coefficient (Wildman–Crippen LogP) is 2.19. The van der Waals surface area contributed by atoms with Crippen LogP contribution in [0.5, 0.6) is 0 Å². The molecule has 0 bridgehead atoms. The molecule has 0 unspecified atom stereocenters. The van der Waals surface area contributed by atoms with Crippen LogP contribution in [-0.2, 0) is 0 Å². The maximum atomic E-state index is 9.69. The molecule has 0 aromatic carbocycles. The Hall–Kier alpha value is -0.0400. The first-order valence-electron chi connectivity index (χ1n) is 4.99. The van der Waals surface area contributed by atoms with Crippen molar-refractivity contribution in [2.45, 2.75) is 45.1 Å². The number of fused-ring (bicyclic) bond motifs is 1. The monoisotopic (exact) mass is 154 g/mol. The van der Waals surface area contributed by atoms with E-state index >= 15 is 0 Å². The smallest absolute Gasteiger partial charge is 0.0573 e. The zero-order valence-corrected chi connectivity index (χ0v) is 7.29. The van der Waals surface area contributed by atoms with Crippen molar-refractivity contribution in [2.24, 2.45) is 17.8 Å². The van der Waals surface area contributed by atoms with Crippen molar-refractivity contribution in [1.29, 1.82) is 0 Å². The Morgan fingerprint density at radius 2 is 1.82 bits per heavy atom. The van der Waals surface area contributed by atoms with Gasteiger partial charge in [0.1, 0.15) is 0 Å². The van der Waals surface area contributed by atoms with Crippen LogP contribution in [0.25, 0.3) is 0 Å². The molecule has 4 atom stereocenters. The third kappa shape index (κ3) is 1.31. The average Bonchev–Trinajstić information content (AvgIpc) is 2.55. The second-order valence-corrected chi connectivity index (χ2v) is 4.31. The molecular formula is C10H18O. The number of hydrogen-bond donors (Lipinski definition) is 1. The van der Waals surface area contributed by atoms with Crippen LogP contribution in [0.4, 0.5) is 0 Å². The van der Waals surface area contributed by atoms with Crippen molar-refractivity contribution in [3.8, 4) is 0 Å². The average molecular weight is 154 g/mol. The molecule has 1 N–H and O–H groups in total. The summed E-state index contributed by atoms with van der Waals surface area (Å²) in [7, 11) is 0. The van der Waals surface area contributed by atoms with Gasteiger partial charge >= 0.3 is 0 Å². The molecule has 1 heteroatoms. The zero-order chi connectivity index (χ0) is 7.84. The second kappa shape index (κ2) is 2.78. The van der Waals surface area contributed by atoms with Crippen molar-refractivity contribution in [3.63, 3.8) is 0 Å². The molecule has 0 radical (unpaired) electrons. The number of aliphatic hydroxyl groups excluding tert-OH is 1. The lowest BCUT2D eigenvalue weighted by molar-refractivity contribution is 0.123. The van der Waals surface area contributed by atoms with Crippen LogP contribution in [0, 0.1) is 17.8 Å². The van der Waals surface area contributed by atoms with Gasteiger partial charge in [-0.1, -0.05) is 26.2 Å². The Morgan fingerprint density at radius 1 is 1.09 bits per heavy atom. The summed E-state index contributed by atoms with van der Waals surface area (Å²) in [6.45, 7) is 2.30. The van der Waals surface area contributed by atoms with E-state index in [0.29, 0.717) is 5.92 Å². The van der Waals surface area contributed by atoms with Crippen molar-refractivity contribution >= 4 is 0 Å². The summed E-state index contributed by atoms with van der Waals surface area (Å²) in [5.41, 5.74) is 0. The maximum absolute atomic E-state index is 9.69. The van der Waals surface area contributed by atoms with Gasteiger partial charge in [0.25, 0.3) is 0 Å². The van der Waals surface area contributed by atoms with Gasteiger partial charge in [0, 0.05) is 0 Å². The summed E-state index contributed by atoms with van der Waals surface area (Å²) < 4.78 is 0. The van der Waals surface area contributed by atoms with E-state index in [-0.39, 0.29) is 6.10 Å². The first-order valence-corrected chi connectivity index (χ1v) is 4.99. The highest BCUT2D eigenvalue weighted by molar-refractivity contribution is 4.98. The van der Waals surface area contributed by atoms with Crippen LogP contribution < -0.4 is 0 Å². The quantitative estimate of drug-likeness (QED) is 0.567. The minimum Gasteiger partial charge on any atom is -0.393 e. The van der Waals surface area contributed by atoms with Crippen molar-refractivity contribution < 1.29 is 5.11 Å². The highest BCUT2D eigenvalue weighted by atomic mass is 16.3. The Balaban J connectivity index is 1.94. The minimum absolute atomic E-state index is 0.0373. The fourth-order valence-corrected chi connectivity index (χ4v) is 2.77.